The third-order valence-electron chi connectivity index (χ3n) is 5.14. The molecule has 0 saturated heterocycles. The summed E-state index contributed by atoms with van der Waals surface area (Å²) >= 11 is 0. The van der Waals surface area contributed by atoms with E-state index < -0.39 is 0 Å². The van der Waals surface area contributed by atoms with E-state index in [4.69, 9.17) is 0 Å². The zero-order chi connectivity index (χ0) is 19.3. The summed E-state index contributed by atoms with van der Waals surface area (Å²) in [7, 11) is 0. The lowest BCUT2D eigenvalue weighted by Crippen LogP contribution is -2.35. The van der Waals surface area contributed by atoms with Gasteiger partial charge in [-0.05, 0) is 37.0 Å². The molecule has 1 aromatic carbocycles. The normalized spacial score (nSPS) is 16.2. The van der Waals surface area contributed by atoms with Crippen molar-refractivity contribution >= 4 is 5.91 Å². The number of aromatic nitrogens is 4. The van der Waals surface area contributed by atoms with Crippen molar-refractivity contribution in [1.82, 2.24) is 25.1 Å². The lowest BCUT2D eigenvalue weighted by molar-refractivity contribution is 0.0925. The van der Waals surface area contributed by atoms with Crippen LogP contribution in [0.15, 0.2) is 48.7 Å². The first kappa shape index (κ1) is 18.2. The monoisotopic (exact) mass is 377 g/mol. The molecule has 1 atom stereocenters. The molecule has 144 valence electrons. The Morgan fingerprint density at radius 3 is 2.79 bits per heavy atom. The van der Waals surface area contributed by atoms with Crippen molar-refractivity contribution in [3.05, 3.63) is 71.6 Å². The zero-order valence-corrected chi connectivity index (χ0v) is 15.6. The number of aromatic hydroxyl groups is 1. The van der Waals surface area contributed by atoms with Crippen LogP contribution in [-0.2, 0) is 25.8 Å². The standard InChI is InChI=1S/C21H23N5O2/c27-17-7-4-13-22-20(17)21(28)23-16-9-11-19-25-24-18(26(19)14-12-16)10-8-15-5-2-1-3-6-15/h1-7,13,16,27H,8-12,14H2,(H,23,28). The van der Waals surface area contributed by atoms with Gasteiger partial charge in [0.15, 0.2) is 5.69 Å². The zero-order valence-electron chi connectivity index (χ0n) is 15.6. The van der Waals surface area contributed by atoms with Crippen LogP contribution in [0.2, 0.25) is 0 Å². The molecule has 3 aromatic rings. The molecule has 28 heavy (non-hydrogen) atoms. The molecule has 2 N–H and O–H groups in total. The van der Waals surface area contributed by atoms with Crippen molar-refractivity contribution in [3.63, 3.8) is 0 Å². The smallest absolute Gasteiger partial charge is 0.273 e. The molecule has 0 aliphatic carbocycles. The third kappa shape index (κ3) is 4.03. The Labute approximate surface area is 163 Å². The number of nitrogens with zero attached hydrogens (tertiary/aromatic N) is 4. The van der Waals surface area contributed by atoms with Gasteiger partial charge in [0.05, 0.1) is 0 Å². The van der Waals surface area contributed by atoms with Crippen molar-refractivity contribution in [3.8, 4) is 5.75 Å². The quantitative estimate of drug-likeness (QED) is 0.712. The van der Waals surface area contributed by atoms with Gasteiger partial charge in [-0.15, -0.1) is 10.2 Å². The molecular formula is C21H23N5O2. The summed E-state index contributed by atoms with van der Waals surface area (Å²) in [6.07, 6.45) is 5.62. The Morgan fingerprint density at radius 1 is 1.11 bits per heavy atom. The first-order valence-electron chi connectivity index (χ1n) is 9.60. The van der Waals surface area contributed by atoms with Gasteiger partial charge in [0.2, 0.25) is 0 Å². The summed E-state index contributed by atoms with van der Waals surface area (Å²) in [4.78, 5) is 16.4. The lowest BCUT2D eigenvalue weighted by atomic mass is 10.1. The van der Waals surface area contributed by atoms with Crippen molar-refractivity contribution < 1.29 is 9.90 Å². The molecule has 4 rings (SSSR count). The minimum atomic E-state index is -0.343. The van der Waals surface area contributed by atoms with Crippen LogP contribution in [0.4, 0.5) is 0 Å². The summed E-state index contributed by atoms with van der Waals surface area (Å²) in [5, 5.41) is 21.6. The van der Waals surface area contributed by atoms with E-state index in [2.05, 4.69) is 37.2 Å². The minimum Gasteiger partial charge on any atom is -0.505 e. The first-order chi connectivity index (χ1) is 13.7. The second kappa shape index (κ2) is 8.21. The molecule has 7 heteroatoms. The van der Waals surface area contributed by atoms with Gasteiger partial charge in [-0.2, -0.15) is 0 Å². The Bertz CT molecular complexity index is 954. The third-order valence-corrected chi connectivity index (χ3v) is 5.14. The van der Waals surface area contributed by atoms with Gasteiger partial charge in [-0.3, -0.25) is 4.79 Å². The van der Waals surface area contributed by atoms with Gasteiger partial charge in [0, 0.05) is 31.6 Å². The van der Waals surface area contributed by atoms with E-state index in [0.717, 1.165) is 50.3 Å². The maximum atomic E-state index is 12.4. The average molecular weight is 377 g/mol. The summed E-state index contributed by atoms with van der Waals surface area (Å²) in [5.41, 5.74) is 1.35. The first-order valence-corrected chi connectivity index (χ1v) is 9.60. The van der Waals surface area contributed by atoms with Crippen LogP contribution < -0.4 is 5.32 Å². The van der Waals surface area contributed by atoms with Crippen LogP contribution in [0.25, 0.3) is 0 Å². The van der Waals surface area contributed by atoms with Gasteiger partial charge in [-0.1, -0.05) is 30.3 Å². The Morgan fingerprint density at radius 2 is 1.96 bits per heavy atom. The highest BCUT2D eigenvalue weighted by molar-refractivity contribution is 5.94. The highest BCUT2D eigenvalue weighted by Gasteiger charge is 2.23. The van der Waals surface area contributed by atoms with Crippen molar-refractivity contribution in [1.29, 1.82) is 0 Å². The van der Waals surface area contributed by atoms with Gasteiger partial charge < -0.3 is 15.0 Å². The Balaban J connectivity index is 1.38. The predicted molar refractivity (Wildman–Crippen MR) is 104 cm³/mol. The van der Waals surface area contributed by atoms with Gasteiger partial charge in [0.25, 0.3) is 5.91 Å². The van der Waals surface area contributed by atoms with Gasteiger partial charge >= 0.3 is 0 Å². The average Bonchev–Trinajstić information content (AvgIpc) is 3.00. The SMILES string of the molecule is O=C(NC1CCc2nnc(CCc3ccccc3)n2CC1)c1ncccc1O. The number of hydrogen-bond donors (Lipinski definition) is 2. The minimum absolute atomic E-state index is 0.0116. The summed E-state index contributed by atoms with van der Waals surface area (Å²) in [6, 6.07) is 13.4. The fourth-order valence-corrected chi connectivity index (χ4v) is 3.60. The summed E-state index contributed by atoms with van der Waals surface area (Å²) in [5.74, 6) is 1.52. The van der Waals surface area contributed by atoms with E-state index in [1.807, 2.05) is 18.2 Å². The number of aryl methyl sites for hydroxylation is 3. The van der Waals surface area contributed by atoms with Crippen LogP contribution in [0.5, 0.6) is 5.75 Å². The molecule has 0 bridgehead atoms. The van der Waals surface area contributed by atoms with Crippen molar-refractivity contribution in [2.24, 2.45) is 0 Å². The van der Waals surface area contributed by atoms with E-state index in [9.17, 15) is 9.90 Å². The van der Waals surface area contributed by atoms with Crippen LogP contribution in [0, 0.1) is 0 Å². The number of rotatable bonds is 5. The number of fused-ring (bicyclic) bond motifs is 1. The van der Waals surface area contributed by atoms with Crippen LogP contribution >= 0.6 is 0 Å². The number of pyridine rings is 1. The lowest BCUT2D eigenvalue weighted by Gasteiger charge is -2.16. The number of carbonyl (C=O) groups is 1. The molecule has 0 fully saturated rings. The van der Waals surface area contributed by atoms with Crippen LogP contribution in [-0.4, -0.2) is 36.8 Å². The fourth-order valence-electron chi connectivity index (χ4n) is 3.60. The molecule has 1 aliphatic heterocycles. The Kier molecular flexibility index (Phi) is 5.32. The van der Waals surface area contributed by atoms with Crippen molar-refractivity contribution in [2.45, 2.75) is 44.7 Å². The van der Waals surface area contributed by atoms with Crippen molar-refractivity contribution in [2.75, 3.05) is 0 Å². The largest absolute Gasteiger partial charge is 0.505 e. The Hall–Kier alpha value is -3.22. The highest BCUT2D eigenvalue weighted by atomic mass is 16.3. The number of carbonyl (C=O) groups excluding carboxylic acids is 1. The molecular weight excluding hydrogens is 354 g/mol. The fraction of sp³-hybridized carbons (Fsp3) is 0.333. The molecule has 1 unspecified atom stereocenters. The van der Waals surface area contributed by atoms with E-state index in [0.29, 0.717) is 0 Å². The summed E-state index contributed by atoms with van der Waals surface area (Å²) < 4.78 is 2.19. The molecule has 0 spiro atoms. The topological polar surface area (TPSA) is 92.9 Å². The molecule has 1 amide bonds. The second-order valence-corrected chi connectivity index (χ2v) is 7.04. The number of hydrogen-bond acceptors (Lipinski definition) is 5. The number of benzene rings is 1. The van der Waals surface area contributed by atoms with E-state index in [1.165, 1.54) is 17.8 Å². The van der Waals surface area contributed by atoms with E-state index in [-0.39, 0.29) is 23.4 Å². The number of amides is 1. The number of nitrogens with one attached hydrogen (secondary N) is 1. The maximum absolute atomic E-state index is 12.4. The van der Waals surface area contributed by atoms with Crippen LogP contribution in [0.1, 0.15) is 40.5 Å². The summed E-state index contributed by atoms with van der Waals surface area (Å²) in [6.45, 7) is 0.769. The molecule has 7 nitrogen and oxygen atoms in total. The molecule has 1 aliphatic rings. The van der Waals surface area contributed by atoms with E-state index >= 15 is 0 Å². The molecule has 0 radical (unpaired) electrons. The second-order valence-electron chi connectivity index (χ2n) is 7.04. The van der Waals surface area contributed by atoms with Gasteiger partial charge in [0.1, 0.15) is 17.4 Å². The van der Waals surface area contributed by atoms with Crippen LogP contribution in [0.3, 0.4) is 0 Å². The predicted octanol–water partition coefficient (Wildman–Crippen LogP) is 2.30. The highest BCUT2D eigenvalue weighted by Crippen LogP contribution is 2.18. The molecule has 3 heterocycles. The van der Waals surface area contributed by atoms with E-state index in [1.54, 1.807) is 6.07 Å². The maximum Gasteiger partial charge on any atom is 0.273 e. The molecule has 2 aromatic heterocycles. The molecule has 0 saturated carbocycles. The van der Waals surface area contributed by atoms with Gasteiger partial charge in [-0.25, -0.2) is 4.98 Å².